The third-order valence-electron chi connectivity index (χ3n) is 5.02. The molecule has 3 heterocycles. The first kappa shape index (κ1) is 17.6. The number of rotatable bonds is 6. The van der Waals surface area contributed by atoms with Gasteiger partial charge in [0.05, 0.1) is 6.54 Å². The minimum absolute atomic E-state index is 0.0451. The monoisotopic (exact) mass is 369 g/mol. The second-order valence-corrected chi connectivity index (χ2v) is 6.90. The molecule has 0 bridgehead atoms. The molecule has 3 aromatic rings. The minimum atomic E-state index is -0.276. The zero-order valence-corrected chi connectivity index (χ0v) is 15.1. The summed E-state index contributed by atoms with van der Waals surface area (Å²) in [6, 6.07) is 2.06. The zero-order chi connectivity index (χ0) is 18.6. The van der Waals surface area contributed by atoms with Gasteiger partial charge in [-0.2, -0.15) is 5.10 Å². The Bertz CT molecular complexity index is 927. The first-order chi connectivity index (χ1) is 13.2. The maximum atomic E-state index is 12.5. The molecule has 4 rings (SSSR count). The summed E-state index contributed by atoms with van der Waals surface area (Å²) in [5.74, 6) is 0.491. The molecule has 1 amide bonds. The summed E-state index contributed by atoms with van der Waals surface area (Å²) < 4.78 is 3.65. The number of amides is 1. The van der Waals surface area contributed by atoms with Crippen LogP contribution in [0.1, 0.15) is 60.0 Å². The number of carbonyl (C=O) groups excluding carboxylic acids is 1. The molecule has 1 saturated carbocycles. The standard InChI is InChI=1S/C18H23N7O2/c26-7-6-13-9-19-16-8-15(23-25(16)11-13)18(27)20-10-17-22-21-12-24(17)14-4-2-1-3-5-14/h8-9,11-12,14,26H,1-7,10H2,(H,20,27). The normalized spacial score (nSPS) is 15.3. The van der Waals surface area contributed by atoms with Crippen LogP contribution in [0.2, 0.25) is 0 Å². The lowest BCUT2D eigenvalue weighted by Gasteiger charge is -2.23. The van der Waals surface area contributed by atoms with Crippen LogP contribution in [0.25, 0.3) is 5.65 Å². The van der Waals surface area contributed by atoms with Gasteiger partial charge in [0.1, 0.15) is 6.33 Å². The average molecular weight is 369 g/mol. The van der Waals surface area contributed by atoms with E-state index in [-0.39, 0.29) is 12.5 Å². The Hall–Kier alpha value is -2.81. The number of aromatic nitrogens is 6. The van der Waals surface area contributed by atoms with Gasteiger partial charge in [0.25, 0.3) is 5.91 Å². The maximum absolute atomic E-state index is 12.5. The van der Waals surface area contributed by atoms with Gasteiger partial charge in [0, 0.05) is 31.1 Å². The van der Waals surface area contributed by atoms with Gasteiger partial charge in [-0.25, -0.2) is 9.50 Å². The van der Waals surface area contributed by atoms with Crippen molar-refractivity contribution in [3.63, 3.8) is 0 Å². The number of nitrogens with one attached hydrogen (secondary N) is 1. The van der Waals surface area contributed by atoms with E-state index in [2.05, 4.69) is 30.2 Å². The van der Waals surface area contributed by atoms with Crippen molar-refractivity contribution in [1.82, 2.24) is 34.7 Å². The van der Waals surface area contributed by atoms with E-state index in [1.807, 2.05) is 0 Å². The predicted molar refractivity (Wildman–Crippen MR) is 97.1 cm³/mol. The van der Waals surface area contributed by atoms with Crippen LogP contribution < -0.4 is 5.32 Å². The number of aliphatic hydroxyl groups excluding tert-OH is 1. The molecule has 1 fully saturated rings. The van der Waals surface area contributed by atoms with Crippen LogP contribution in [-0.2, 0) is 13.0 Å². The fraction of sp³-hybridized carbons (Fsp3) is 0.500. The van der Waals surface area contributed by atoms with E-state index in [0.29, 0.717) is 30.3 Å². The van der Waals surface area contributed by atoms with Crippen LogP contribution >= 0.6 is 0 Å². The molecule has 9 heteroatoms. The lowest BCUT2D eigenvalue weighted by Crippen LogP contribution is -2.26. The van der Waals surface area contributed by atoms with E-state index in [9.17, 15) is 4.79 Å². The number of hydrogen-bond donors (Lipinski definition) is 2. The molecule has 0 aliphatic heterocycles. The summed E-state index contributed by atoms with van der Waals surface area (Å²) in [6.07, 6.45) is 11.7. The van der Waals surface area contributed by atoms with Crippen molar-refractivity contribution in [3.05, 3.63) is 41.9 Å². The number of aliphatic hydroxyl groups is 1. The predicted octanol–water partition coefficient (Wildman–Crippen LogP) is 1.29. The second kappa shape index (κ2) is 7.83. The van der Waals surface area contributed by atoms with Crippen LogP contribution in [0.4, 0.5) is 0 Å². The van der Waals surface area contributed by atoms with Gasteiger partial charge in [-0.15, -0.1) is 10.2 Å². The van der Waals surface area contributed by atoms with Crippen molar-refractivity contribution in [2.45, 2.75) is 51.1 Å². The third kappa shape index (κ3) is 3.82. The van der Waals surface area contributed by atoms with E-state index in [0.717, 1.165) is 24.2 Å². The van der Waals surface area contributed by atoms with Gasteiger partial charge >= 0.3 is 0 Å². The largest absolute Gasteiger partial charge is 0.396 e. The average Bonchev–Trinajstić information content (AvgIpc) is 3.33. The SMILES string of the molecule is O=C(NCc1nncn1C1CCCCC1)c1cc2ncc(CCO)cn2n1. The molecule has 0 saturated heterocycles. The van der Waals surface area contributed by atoms with Gasteiger partial charge in [0.15, 0.2) is 17.2 Å². The van der Waals surface area contributed by atoms with E-state index in [1.165, 1.54) is 19.3 Å². The van der Waals surface area contributed by atoms with E-state index >= 15 is 0 Å². The van der Waals surface area contributed by atoms with Gasteiger partial charge in [-0.05, 0) is 24.8 Å². The molecular weight excluding hydrogens is 346 g/mol. The Kier molecular flexibility index (Phi) is 5.10. The van der Waals surface area contributed by atoms with E-state index in [1.54, 1.807) is 29.3 Å². The fourth-order valence-corrected chi connectivity index (χ4v) is 3.59. The number of fused-ring (bicyclic) bond motifs is 1. The maximum Gasteiger partial charge on any atom is 0.272 e. The van der Waals surface area contributed by atoms with E-state index in [4.69, 9.17) is 5.11 Å². The number of hydrogen-bond acceptors (Lipinski definition) is 6. The van der Waals surface area contributed by atoms with Crippen LogP contribution in [0.3, 0.4) is 0 Å². The molecule has 0 radical (unpaired) electrons. The highest BCUT2D eigenvalue weighted by Crippen LogP contribution is 2.28. The lowest BCUT2D eigenvalue weighted by molar-refractivity contribution is 0.0943. The van der Waals surface area contributed by atoms with Gasteiger partial charge < -0.3 is 15.0 Å². The molecule has 2 N–H and O–H groups in total. The molecule has 142 valence electrons. The van der Waals surface area contributed by atoms with Gasteiger partial charge in [0.2, 0.25) is 0 Å². The molecule has 0 unspecified atom stereocenters. The van der Waals surface area contributed by atoms with Gasteiger partial charge in [-0.3, -0.25) is 4.79 Å². The second-order valence-electron chi connectivity index (χ2n) is 6.90. The highest BCUT2D eigenvalue weighted by atomic mass is 16.3. The molecule has 1 aliphatic carbocycles. The quantitative estimate of drug-likeness (QED) is 0.677. The summed E-state index contributed by atoms with van der Waals surface area (Å²) >= 11 is 0. The Labute approximate surface area is 156 Å². The summed E-state index contributed by atoms with van der Waals surface area (Å²) in [6.45, 7) is 0.357. The highest BCUT2D eigenvalue weighted by molar-refractivity contribution is 5.93. The number of carbonyl (C=O) groups is 1. The number of nitrogens with zero attached hydrogens (tertiary/aromatic N) is 6. The smallest absolute Gasteiger partial charge is 0.272 e. The Morgan fingerprint density at radius 2 is 2.15 bits per heavy atom. The van der Waals surface area contributed by atoms with Crippen LogP contribution in [0, 0.1) is 0 Å². The summed E-state index contributed by atoms with van der Waals surface area (Å²) in [7, 11) is 0. The van der Waals surface area contributed by atoms with Crippen LogP contribution in [0.5, 0.6) is 0 Å². The topological polar surface area (TPSA) is 110 Å². The summed E-state index contributed by atoms with van der Waals surface area (Å²) in [5, 5.41) is 24.4. The molecule has 3 aromatic heterocycles. The molecule has 0 aromatic carbocycles. The van der Waals surface area contributed by atoms with Crippen LogP contribution in [0.15, 0.2) is 24.8 Å². The van der Waals surface area contributed by atoms with Crippen LogP contribution in [-0.4, -0.2) is 47.0 Å². The molecule has 9 nitrogen and oxygen atoms in total. The van der Waals surface area contributed by atoms with Crippen molar-refractivity contribution in [2.75, 3.05) is 6.61 Å². The molecule has 1 aliphatic rings. The fourth-order valence-electron chi connectivity index (χ4n) is 3.59. The van der Waals surface area contributed by atoms with Gasteiger partial charge in [-0.1, -0.05) is 19.3 Å². The lowest BCUT2D eigenvalue weighted by atomic mass is 9.95. The van der Waals surface area contributed by atoms with Crippen molar-refractivity contribution >= 4 is 11.6 Å². The first-order valence-corrected chi connectivity index (χ1v) is 9.36. The Morgan fingerprint density at radius 1 is 1.30 bits per heavy atom. The zero-order valence-electron chi connectivity index (χ0n) is 15.1. The first-order valence-electron chi connectivity index (χ1n) is 9.36. The Balaban J connectivity index is 1.44. The molecule has 0 atom stereocenters. The minimum Gasteiger partial charge on any atom is -0.396 e. The summed E-state index contributed by atoms with van der Waals surface area (Å²) in [4.78, 5) is 16.8. The van der Waals surface area contributed by atoms with Crippen molar-refractivity contribution < 1.29 is 9.90 Å². The van der Waals surface area contributed by atoms with Crippen molar-refractivity contribution in [2.24, 2.45) is 0 Å². The highest BCUT2D eigenvalue weighted by Gasteiger charge is 2.19. The molecular formula is C18H23N7O2. The Morgan fingerprint density at radius 3 is 2.96 bits per heavy atom. The third-order valence-corrected chi connectivity index (χ3v) is 5.02. The summed E-state index contributed by atoms with van der Waals surface area (Å²) in [5.41, 5.74) is 1.75. The molecule has 0 spiro atoms. The molecule has 27 heavy (non-hydrogen) atoms. The van der Waals surface area contributed by atoms with Crippen molar-refractivity contribution in [3.8, 4) is 0 Å². The van der Waals surface area contributed by atoms with Crippen molar-refractivity contribution in [1.29, 1.82) is 0 Å². The van der Waals surface area contributed by atoms with E-state index < -0.39 is 0 Å².